The van der Waals surface area contributed by atoms with Gasteiger partial charge in [-0.2, -0.15) is 4.31 Å². The molecular weight excluding hydrogens is 298 g/mol. The van der Waals surface area contributed by atoms with Gasteiger partial charge < -0.3 is 10.2 Å². The van der Waals surface area contributed by atoms with Crippen molar-refractivity contribution in [2.75, 3.05) is 18.1 Å². The fourth-order valence-electron chi connectivity index (χ4n) is 2.48. The molecule has 0 bridgehead atoms. The number of hydrogen-bond donors (Lipinski definition) is 2. The summed E-state index contributed by atoms with van der Waals surface area (Å²) >= 11 is 0. The van der Waals surface area contributed by atoms with E-state index in [1.54, 1.807) is 0 Å². The first-order valence-electron chi connectivity index (χ1n) is 5.75. The van der Waals surface area contributed by atoms with E-state index in [0.29, 0.717) is 0 Å². The molecule has 0 aromatic rings. The van der Waals surface area contributed by atoms with Gasteiger partial charge in [-0.15, -0.1) is 0 Å². The number of nitrogens with zero attached hydrogens (tertiary/aromatic N) is 1. The molecule has 2 saturated heterocycles. The van der Waals surface area contributed by atoms with Crippen molar-refractivity contribution in [2.24, 2.45) is 0 Å². The minimum Gasteiger partial charge on any atom is -0.480 e. The van der Waals surface area contributed by atoms with Crippen LogP contribution in [0.5, 0.6) is 0 Å². The maximum absolute atomic E-state index is 12.3. The number of sulfonamides is 1. The highest BCUT2D eigenvalue weighted by atomic mass is 32.2. The summed E-state index contributed by atoms with van der Waals surface area (Å²) in [6, 6.07) is -1.32. The number of aliphatic carboxylic acids is 1. The molecule has 0 aromatic heterocycles. The Morgan fingerprint density at radius 2 is 1.95 bits per heavy atom. The van der Waals surface area contributed by atoms with E-state index in [9.17, 15) is 26.7 Å². The highest BCUT2D eigenvalue weighted by Crippen LogP contribution is 2.28. The van der Waals surface area contributed by atoms with Crippen LogP contribution in [0.1, 0.15) is 12.8 Å². The van der Waals surface area contributed by atoms with Crippen molar-refractivity contribution >= 4 is 25.8 Å². The summed E-state index contributed by atoms with van der Waals surface area (Å²) in [4.78, 5) is 11.0. The molecule has 0 radical (unpaired) electrons. The van der Waals surface area contributed by atoms with E-state index in [1.807, 2.05) is 0 Å². The number of carboxylic acids is 1. The van der Waals surface area contributed by atoms with Crippen LogP contribution in [0.3, 0.4) is 0 Å². The minimum atomic E-state index is -4.02. The predicted octanol–water partition coefficient (Wildman–Crippen LogP) is -1.98. The van der Waals surface area contributed by atoms with E-state index in [-0.39, 0.29) is 25.1 Å². The molecule has 2 aliphatic heterocycles. The van der Waals surface area contributed by atoms with Crippen LogP contribution in [0.4, 0.5) is 0 Å². The molecule has 19 heavy (non-hydrogen) atoms. The molecular formula is C9H15NO7S2. The Kier molecular flexibility index (Phi) is 3.62. The molecule has 2 heterocycles. The first-order valence-corrected chi connectivity index (χ1v) is 9.08. The van der Waals surface area contributed by atoms with Gasteiger partial charge in [0.25, 0.3) is 0 Å². The second kappa shape index (κ2) is 4.69. The molecule has 0 aliphatic carbocycles. The topological polar surface area (TPSA) is 129 Å². The van der Waals surface area contributed by atoms with Gasteiger partial charge in [0.2, 0.25) is 10.0 Å². The van der Waals surface area contributed by atoms with Gasteiger partial charge >= 0.3 is 5.97 Å². The molecule has 0 aromatic carbocycles. The van der Waals surface area contributed by atoms with Crippen LogP contribution < -0.4 is 0 Å². The molecule has 8 nitrogen and oxygen atoms in total. The zero-order valence-corrected chi connectivity index (χ0v) is 11.6. The summed E-state index contributed by atoms with van der Waals surface area (Å²) in [5, 5.41) is 17.3. The van der Waals surface area contributed by atoms with Gasteiger partial charge in [0.15, 0.2) is 9.84 Å². The number of aliphatic hydroxyl groups excluding tert-OH is 1. The summed E-state index contributed by atoms with van der Waals surface area (Å²) in [6.07, 6.45) is -1.23. The molecule has 10 heteroatoms. The van der Waals surface area contributed by atoms with Crippen molar-refractivity contribution < 1.29 is 31.8 Å². The monoisotopic (exact) mass is 313 g/mol. The third-order valence-electron chi connectivity index (χ3n) is 3.46. The summed E-state index contributed by atoms with van der Waals surface area (Å²) in [5.74, 6) is -2.01. The summed E-state index contributed by atoms with van der Waals surface area (Å²) in [5.41, 5.74) is 0. The van der Waals surface area contributed by atoms with Crippen LogP contribution in [-0.2, 0) is 24.7 Å². The average Bonchev–Trinajstić information content (AvgIpc) is 2.82. The van der Waals surface area contributed by atoms with E-state index in [1.165, 1.54) is 0 Å². The molecule has 0 amide bonds. The lowest BCUT2D eigenvalue weighted by Crippen LogP contribution is -2.45. The van der Waals surface area contributed by atoms with Crippen LogP contribution in [0, 0.1) is 0 Å². The lowest BCUT2D eigenvalue weighted by atomic mass is 10.2. The lowest BCUT2D eigenvalue weighted by Gasteiger charge is -2.23. The van der Waals surface area contributed by atoms with Gasteiger partial charge in [-0.3, -0.25) is 4.79 Å². The fourth-order valence-corrected chi connectivity index (χ4v) is 7.19. The molecule has 0 saturated carbocycles. The van der Waals surface area contributed by atoms with Gasteiger partial charge in [0, 0.05) is 13.0 Å². The Bertz CT molecular complexity index is 582. The van der Waals surface area contributed by atoms with Crippen LogP contribution in [0.15, 0.2) is 0 Å². The first-order chi connectivity index (χ1) is 8.63. The number of aliphatic hydroxyl groups is 1. The number of hydrogen-bond acceptors (Lipinski definition) is 6. The van der Waals surface area contributed by atoms with Gasteiger partial charge in [0.1, 0.15) is 6.04 Å². The van der Waals surface area contributed by atoms with Crippen molar-refractivity contribution in [3.05, 3.63) is 0 Å². The summed E-state index contributed by atoms with van der Waals surface area (Å²) in [6.45, 7) is -0.296. The Labute approximate surface area is 111 Å². The molecule has 0 spiro atoms. The molecule has 1 unspecified atom stereocenters. The SMILES string of the molecule is O=C(O)[C@@H]1C[C@H](O)CN1S(=O)(=O)C1CCS(=O)(=O)C1. The highest BCUT2D eigenvalue weighted by Gasteiger charge is 2.48. The Balaban J connectivity index is 2.27. The maximum Gasteiger partial charge on any atom is 0.322 e. The normalized spacial score (nSPS) is 35.5. The van der Waals surface area contributed by atoms with Crippen molar-refractivity contribution in [3.8, 4) is 0 Å². The Hall–Kier alpha value is -0.710. The van der Waals surface area contributed by atoms with Crippen molar-refractivity contribution in [1.82, 2.24) is 4.31 Å². The van der Waals surface area contributed by atoms with Gasteiger partial charge in [-0.05, 0) is 6.42 Å². The Morgan fingerprint density at radius 1 is 1.32 bits per heavy atom. The molecule has 2 aliphatic rings. The number of carboxylic acid groups (broad SMARTS) is 1. The van der Waals surface area contributed by atoms with Gasteiger partial charge in [-0.25, -0.2) is 16.8 Å². The van der Waals surface area contributed by atoms with E-state index in [2.05, 4.69) is 0 Å². The van der Waals surface area contributed by atoms with Gasteiger partial charge in [0.05, 0.1) is 22.9 Å². The largest absolute Gasteiger partial charge is 0.480 e. The van der Waals surface area contributed by atoms with Crippen LogP contribution in [0.25, 0.3) is 0 Å². The average molecular weight is 313 g/mol. The van der Waals surface area contributed by atoms with Crippen LogP contribution >= 0.6 is 0 Å². The van der Waals surface area contributed by atoms with Crippen LogP contribution in [-0.4, -0.2) is 72.8 Å². The van der Waals surface area contributed by atoms with Crippen molar-refractivity contribution in [1.29, 1.82) is 0 Å². The molecule has 2 rings (SSSR count). The quantitative estimate of drug-likeness (QED) is 0.618. The van der Waals surface area contributed by atoms with E-state index < -0.39 is 49.0 Å². The van der Waals surface area contributed by atoms with E-state index in [0.717, 1.165) is 4.31 Å². The summed E-state index contributed by atoms with van der Waals surface area (Å²) < 4.78 is 47.9. The van der Waals surface area contributed by atoms with Crippen molar-refractivity contribution in [2.45, 2.75) is 30.2 Å². The van der Waals surface area contributed by atoms with E-state index in [4.69, 9.17) is 5.11 Å². The minimum absolute atomic E-state index is 0.0242. The number of sulfone groups is 1. The molecule has 3 atom stereocenters. The second-order valence-corrected chi connectivity index (χ2v) is 9.28. The maximum atomic E-state index is 12.3. The zero-order valence-electron chi connectivity index (χ0n) is 9.97. The Morgan fingerprint density at radius 3 is 2.42 bits per heavy atom. The van der Waals surface area contributed by atoms with Crippen molar-refractivity contribution in [3.63, 3.8) is 0 Å². The molecule has 2 fully saturated rings. The number of carbonyl (C=O) groups is 1. The fraction of sp³-hybridized carbons (Fsp3) is 0.889. The van der Waals surface area contributed by atoms with Gasteiger partial charge in [-0.1, -0.05) is 0 Å². The number of β-amino-alcohol motifs (C(OH)–C–C–N with tert-alkyl or cyclic N) is 1. The first kappa shape index (κ1) is 14.7. The molecule has 110 valence electrons. The number of rotatable bonds is 3. The predicted molar refractivity (Wildman–Crippen MR) is 64.7 cm³/mol. The molecule has 2 N–H and O–H groups in total. The second-order valence-electron chi connectivity index (χ2n) is 4.88. The third-order valence-corrected chi connectivity index (χ3v) is 7.74. The standard InChI is InChI=1S/C9H15NO7S2/c11-6-3-8(9(12)13)10(4-6)19(16,17)7-1-2-18(14,15)5-7/h6-8,11H,1-5H2,(H,12,13)/t6-,7?,8-/m0/s1. The smallest absolute Gasteiger partial charge is 0.322 e. The summed E-state index contributed by atoms with van der Waals surface area (Å²) in [7, 11) is -7.40. The highest BCUT2D eigenvalue weighted by molar-refractivity contribution is 7.95. The third kappa shape index (κ3) is 2.76. The zero-order chi connectivity index (χ0) is 14.4. The van der Waals surface area contributed by atoms with E-state index >= 15 is 0 Å². The van der Waals surface area contributed by atoms with Crippen LogP contribution in [0.2, 0.25) is 0 Å². The lowest BCUT2D eigenvalue weighted by molar-refractivity contribution is -0.140.